The fourth-order valence-corrected chi connectivity index (χ4v) is 4.98. The molecule has 0 unspecified atom stereocenters. The Balaban J connectivity index is 1.61. The van der Waals surface area contributed by atoms with E-state index in [9.17, 15) is 13.2 Å². The number of carbonyl (C=O) groups excluding carboxylic acids is 1. The zero-order valence-electron chi connectivity index (χ0n) is 13.9. The van der Waals surface area contributed by atoms with E-state index >= 15 is 0 Å². The Morgan fingerprint density at radius 2 is 2.12 bits per heavy atom. The van der Waals surface area contributed by atoms with E-state index in [1.54, 1.807) is 6.92 Å². The number of nitrogens with one attached hydrogen (secondary N) is 1. The lowest BCUT2D eigenvalue weighted by molar-refractivity contribution is -0.120. The molecule has 134 valence electrons. The van der Waals surface area contributed by atoms with Crippen LogP contribution in [0, 0.1) is 6.92 Å². The number of thioether (sulfide) groups is 1. The number of aryl methyl sites for hydroxylation is 1. The summed E-state index contributed by atoms with van der Waals surface area (Å²) in [5, 5.41) is 10.6. The fraction of sp³-hybridized carbons (Fsp3) is 0.438. The van der Waals surface area contributed by atoms with Gasteiger partial charge in [-0.15, -0.1) is 10.2 Å². The standard InChI is InChI=1S/C16H19N3O4S2/c1-10-5-3-4-6-13(10)15-18-19-16(23-15)24-11(2)14(20)17-12-7-8-25(21,22)9-12/h3-6,11-12H,7-9H2,1-2H3,(H,17,20)/t11-,12+/m1/s1. The van der Waals surface area contributed by atoms with Crippen LogP contribution in [-0.4, -0.2) is 47.3 Å². The third-order valence-corrected chi connectivity index (χ3v) is 6.71. The lowest BCUT2D eigenvalue weighted by Gasteiger charge is -2.14. The highest BCUT2D eigenvalue weighted by Crippen LogP contribution is 2.28. The van der Waals surface area contributed by atoms with E-state index in [1.807, 2.05) is 31.2 Å². The Hall–Kier alpha value is -1.87. The third-order valence-electron chi connectivity index (χ3n) is 4.01. The van der Waals surface area contributed by atoms with E-state index in [-0.39, 0.29) is 23.5 Å². The number of nitrogens with zero attached hydrogens (tertiary/aromatic N) is 2. The van der Waals surface area contributed by atoms with E-state index in [4.69, 9.17) is 4.42 Å². The van der Waals surface area contributed by atoms with Crippen LogP contribution in [0.15, 0.2) is 33.9 Å². The molecule has 1 aliphatic rings. The van der Waals surface area contributed by atoms with Crippen molar-refractivity contribution in [2.75, 3.05) is 11.5 Å². The van der Waals surface area contributed by atoms with Gasteiger partial charge in [0, 0.05) is 11.6 Å². The van der Waals surface area contributed by atoms with Gasteiger partial charge in [0.25, 0.3) is 5.22 Å². The number of benzene rings is 1. The molecule has 2 atom stereocenters. The van der Waals surface area contributed by atoms with Crippen LogP contribution in [0.3, 0.4) is 0 Å². The van der Waals surface area contributed by atoms with E-state index < -0.39 is 15.1 Å². The summed E-state index contributed by atoms with van der Waals surface area (Å²) in [6.45, 7) is 3.68. The van der Waals surface area contributed by atoms with Crippen LogP contribution < -0.4 is 5.32 Å². The first-order valence-corrected chi connectivity index (χ1v) is 10.6. The van der Waals surface area contributed by atoms with Crippen molar-refractivity contribution in [2.24, 2.45) is 0 Å². The van der Waals surface area contributed by atoms with Gasteiger partial charge in [0.1, 0.15) is 0 Å². The van der Waals surface area contributed by atoms with Gasteiger partial charge in [0.2, 0.25) is 11.8 Å². The normalized spacial score (nSPS) is 20.3. The van der Waals surface area contributed by atoms with Gasteiger partial charge >= 0.3 is 0 Å². The van der Waals surface area contributed by atoms with Crippen LogP contribution >= 0.6 is 11.8 Å². The first-order chi connectivity index (χ1) is 11.8. The molecule has 1 N–H and O–H groups in total. The minimum Gasteiger partial charge on any atom is -0.411 e. The fourth-order valence-electron chi connectivity index (χ4n) is 2.61. The zero-order chi connectivity index (χ0) is 18.0. The first kappa shape index (κ1) is 17.9. The molecular weight excluding hydrogens is 362 g/mol. The van der Waals surface area contributed by atoms with Crippen LogP contribution in [0.4, 0.5) is 0 Å². The Bertz CT molecular complexity index is 879. The van der Waals surface area contributed by atoms with E-state index in [2.05, 4.69) is 15.5 Å². The van der Waals surface area contributed by atoms with Crippen molar-refractivity contribution in [3.05, 3.63) is 29.8 Å². The van der Waals surface area contributed by atoms with Crippen molar-refractivity contribution in [2.45, 2.75) is 36.8 Å². The van der Waals surface area contributed by atoms with Gasteiger partial charge in [-0.05, 0) is 31.9 Å². The second-order valence-corrected chi connectivity index (χ2v) is 9.58. The Morgan fingerprint density at radius 1 is 1.36 bits per heavy atom. The summed E-state index contributed by atoms with van der Waals surface area (Å²) in [5.41, 5.74) is 1.88. The van der Waals surface area contributed by atoms with E-state index in [0.717, 1.165) is 22.9 Å². The average molecular weight is 381 g/mol. The monoisotopic (exact) mass is 381 g/mol. The van der Waals surface area contributed by atoms with Crippen molar-refractivity contribution in [1.82, 2.24) is 15.5 Å². The molecule has 2 heterocycles. The Labute approximate surface area is 150 Å². The summed E-state index contributed by atoms with van der Waals surface area (Å²) < 4.78 is 28.6. The van der Waals surface area contributed by atoms with Gasteiger partial charge in [0.05, 0.1) is 16.8 Å². The van der Waals surface area contributed by atoms with Crippen molar-refractivity contribution >= 4 is 27.5 Å². The summed E-state index contributed by atoms with van der Waals surface area (Å²) in [6, 6.07) is 7.36. The van der Waals surface area contributed by atoms with Gasteiger partial charge < -0.3 is 9.73 Å². The molecular formula is C16H19N3O4S2. The molecule has 1 fully saturated rings. The maximum absolute atomic E-state index is 12.2. The largest absolute Gasteiger partial charge is 0.411 e. The zero-order valence-corrected chi connectivity index (χ0v) is 15.6. The van der Waals surface area contributed by atoms with Gasteiger partial charge in [-0.2, -0.15) is 0 Å². The molecule has 0 aliphatic carbocycles. The molecule has 3 rings (SSSR count). The predicted molar refractivity (Wildman–Crippen MR) is 95.0 cm³/mol. The van der Waals surface area contributed by atoms with E-state index in [1.165, 1.54) is 0 Å². The van der Waals surface area contributed by atoms with Crippen LogP contribution in [0.2, 0.25) is 0 Å². The quantitative estimate of drug-likeness (QED) is 0.788. The van der Waals surface area contributed by atoms with Crippen molar-refractivity contribution in [1.29, 1.82) is 0 Å². The summed E-state index contributed by atoms with van der Waals surface area (Å²) in [6.07, 6.45) is 0.462. The summed E-state index contributed by atoms with van der Waals surface area (Å²) in [7, 11) is -3.02. The van der Waals surface area contributed by atoms with Gasteiger partial charge in [-0.25, -0.2) is 8.42 Å². The minimum atomic E-state index is -3.02. The topological polar surface area (TPSA) is 102 Å². The highest BCUT2D eigenvalue weighted by Gasteiger charge is 2.30. The van der Waals surface area contributed by atoms with Crippen LogP contribution in [0.5, 0.6) is 0 Å². The maximum Gasteiger partial charge on any atom is 0.277 e. The first-order valence-electron chi connectivity index (χ1n) is 7.91. The highest BCUT2D eigenvalue weighted by molar-refractivity contribution is 8.00. The smallest absolute Gasteiger partial charge is 0.277 e. The molecule has 1 amide bonds. The van der Waals surface area contributed by atoms with Crippen LogP contribution in [0.25, 0.3) is 11.5 Å². The van der Waals surface area contributed by atoms with Gasteiger partial charge in [-0.3, -0.25) is 4.79 Å². The van der Waals surface area contributed by atoms with Crippen molar-refractivity contribution in [3.63, 3.8) is 0 Å². The molecule has 0 radical (unpaired) electrons. The summed E-state index contributed by atoms with van der Waals surface area (Å²) in [4.78, 5) is 12.2. The van der Waals surface area contributed by atoms with Crippen molar-refractivity contribution < 1.29 is 17.6 Å². The lowest BCUT2D eigenvalue weighted by atomic mass is 10.1. The molecule has 0 saturated carbocycles. The Morgan fingerprint density at radius 3 is 2.80 bits per heavy atom. The molecule has 1 aliphatic heterocycles. The molecule has 1 aromatic carbocycles. The van der Waals surface area contributed by atoms with Crippen LogP contribution in [0.1, 0.15) is 18.9 Å². The van der Waals surface area contributed by atoms with Crippen molar-refractivity contribution in [3.8, 4) is 11.5 Å². The number of carbonyl (C=O) groups is 1. The predicted octanol–water partition coefficient (Wildman–Crippen LogP) is 1.83. The molecule has 1 saturated heterocycles. The second kappa shape index (κ2) is 7.17. The number of hydrogen-bond acceptors (Lipinski definition) is 7. The average Bonchev–Trinajstić information content (AvgIpc) is 3.14. The molecule has 25 heavy (non-hydrogen) atoms. The summed E-state index contributed by atoms with van der Waals surface area (Å²) in [5.74, 6) is 0.314. The number of rotatable bonds is 5. The van der Waals surface area contributed by atoms with E-state index in [0.29, 0.717) is 17.5 Å². The molecule has 2 aromatic rings. The highest BCUT2D eigenvalue weighted by atomic mass is 32.2. The summed E-state index contributed by atoms with van der Waals surface area (Å²) >= 11 is 1.15. The molecule has 0 bridgehead atoms. The number of aromatic nitrogens is 2. The minimum absolute atomic E-state index is 0.00805. The molecule has 1 aromatic heterocycles. The second-order valence-electron chi connectivity index (χ2n) is 6.06. The molecule has 7 nitrogen and oxygen atoms in total. The Kier molecular flexibility index (Phi) is 5.14. The molecule has 9 heteroatoms. The third kappa shape index (κ3) is 4.40. The SMILES string of the molecule is Cc1ccccc1-c1nnc(S[C@H](C)C(=O)N[C@H]2CCS(=O)(=O)C2)o1. The van der Waals surface area contributed by atoms with Gasteiger partial charge in [0.15, 0.2) is 9.84 Å². The number of hydrogen-bond donors (Lipinski definition) is 1. The number of sulfone groups is 1. The van der Waals surface area contributed by atoms with Gasteiger partial charge in [-0.1, -0.05) is 30.0 Å². The molecule has 0 spiro atoms. The lowest BCUT2D eigenvalue weighted by Crippen LogP contribution is -2.39. The maximum atomic E-state index is 12.2. The number of amides is 1. The van der Waals surface area contributed by atoms with Crippen LogP contribution in [-0.2, 0) is 14.6 Å².